The average molecular weight is 384 g/mol. The summed E-state index contributed by atoms with van der Waals surface area (Å²) in [5, 5.41) is 5.54. The van der Waals surface area contributed by atoms with E-state index < -0.39 is 0 Å². The Morgan fingerprint density at radius 2 is 1.54 bits per heavy atom. The SMILES string of the molecule is Clc1ccc(-c2nn(-c3ccccc3)c3cnc(-c4ccncc4)nc23)cc1. The van der Waals surface area contributed by atoms with Gasteiger partial charge in [-0.3, -0.25) is 4.98 Å². The van der Waals surface area contributed by atoms with Crippen LogP contribution in [0.25, 0.3) is 39.4 Å². The number of fused-ring (bicyclic) bond motifs is 1. The second-order valence-corrected chi connectivity index (χ2v) is 6.70. The van der Waals surface area contributed by atoms with Crippen molar-refractivity contribution in [2.24, 2.45) is 0 Å². The Kier molecular flexibility index (Phi) is 4.07. The van der Waals surface area contributed by atoms with E-state index in [0.717, 1.165) is 33.5 Å². The molecule has 0 atom stereocenters. The fraction of sp³-hybridized carbons (Fsp3) is 0. The molecule has 5 aromatic rings. The van der Waals surface area contributed by atoms with Crippen molar-refractivity contribution in [2.45, 2.75) is 0 Å². The topological polar surface area (TPSA) is 56.5 Å². The van der Waals surface area contributed by atoms with Crippen LogP contribution >= 0.6 is 11.6 Å². The molecule has 28 heavy (non-hydrogen) atoms. The third kappa shape index (κ3) is 2.92. The highest BCUT2D eigenvalue weighted by atomic mass is 35.5. The zero-order chi connectivity index (χ0) is 18.9. The minimum absolute atomic E-state index is 0.637. The lowest BCUT2D eigenvalue weighted by atomic mass is 10.1. The van der Waals surface area contributed by atoms with Gasteiger partial charge in [0.2, 0.25) is 0 Å². The van der Waals surface area contributed by atoms with Gasteiger partial charge in [-0.05, 0) is 36.4 Å². The highest BCUT2D eigenvalue weighted by Crippen LogP contribution is 2.30. The molecule has 0 aliphatic heterocycles. The third-order valence-electron chi connectivity index (χ3n) is 4.48. The Hall–Kier alpha value is -3.57. The molecule has 0 aliphatic rings. The van der Waals surface area contributed by atoms with Crippen molar-refractivity contribution in [3.8, 4) is 28.3 Å². The number of rotatable bonds is 3. The molecule has 5 nitrogen and oxygen atoms in total. The van der Waals surface area contributed by atoms with E-state index in [1.165, 1.54) is 0 Å². The van der Waals surface area contributed by atoms with Gasteiger partial charge in [-0.25, -0.2) is 14.6 Å². The van der Waals surface area contributed by atoms with Gasteiger partial charge in [-0.1, -0.05) is 41.9 Å². The summed E-state index contributed by atoms with van der Waals surface area (Å²) in [4.78, 5) is 13.5. The molecule has 0 amide bonds. The van der Waals surface area contributed by atoms with Gasteiger partial charge >= 0.3 is 0 Å². The molecule has 0 bridgehead atoms. The van der Waals surface area contributed by atoms with Crippen LogP contribution in [0.4, 0.5) is 0 Å². The zero-order valence-electron chi connectivity index (χ0n) is 14.7. The molecule has 0 saturated carbocycles. The number of aromatic nitrogens is 5. The summed E-state index contributed by atoms with van der Waals surface area (Å²) in [5.41, 5.74) is 5.22. The van der Waals surface area contributed by atoms with Crippen LogP contribution in [-0.4, -0.2) is 24.7 Å². The molecule has 3 heterocycles. The van der Waals surface area contributed by atoms with Gasteiger partial charge in [0.15, 0.2) is 5.82 Å². The fourth-order valence-corrected chi connectivity index (χ4v) is 3.24. The van der Waals surface area contributed by atoms with Crippen molar-refractivity contribution in [2.75, 3.05) is 0 Å². The number of pyridine rings is 1. The number of hydrogen-bond acceptors (Lipinski definition) is 4. The van der Waals surface area contributed by atoms with Crippen LogP contribution in [0.5, 0.6) is 0 Å². The minimum atomic E-state index is 0.637. The maximum Gasteiger partial charge on any atom is 0.160 e. The van der Waals surface area contributed by atoms with E-state index in [1.54, 1.807) is 12.4 Å². The van der Waals surface area contributed by atoms with Crippen molar-refractivity contribution in [3.05, 3.63) is 90.3 Å². The van der Waals surface area contributed by atoms with Crippen molar-refractivity contribution < 1.29 is 0 Å². The highest BCUT2D eigenvalue weighted by Gasteiger charge is 2.17. The van der Waals surface area contributed by atoms with E-state index in [9.17, 15) is 0 Å². The zero-order valence-corrected chi connectivity index (χ0v) is 15.5. The lowest BCUT2D eigenvalue weighted by molar-refractivity contribution is 0.912. The summed E-state index contributed by atoms with van der Waals surface area (Å²) in [5.74, 6) is 0.637. The Morgan fingerprint density at radius 3 is 2.29 bits per heavy atom. The van der Waals surface area contributed by atoms with Crippen LogP contribution in [0.2, 0.25) is 5.02 Å². The second-order valence-electron chi connectivity index (χ2n) is 6.27. The van der Waals surface area contributed by atoms with E-state index in [2.05, 4.69) is 9.97 Å². The summed E-state index contributed by atoms with van der Waals surface area (Å²) in [6.07, 6.45) is 5.28. The number of benzene rings is 2. The number of para-hydroxylation sites is 1. The van der Waals surface area contributed by atoms with Crippen LogP contribution in [0.3, 0.4) is 0 Å². The molecular weight excluding hydrogens is 370 g/mol. The predicted octanol–water partition coefficient (Wildman–Crippen LogP) is 5.20. The number of halogens is 1. The molecule has 0 fully saturated rings. The number of nitrogens with zero attached hydrogens (tertiary/aromatic N) is 5. The quantitative estimate of drug-likeness (QED) is 0.429. The maximum atomic E-state index is 6.07. The molecule has 2 aromatic carbocycles. The van der Waals surface area contributed by atoms with Crippen LogP contribution in [0, 0.1) is 0 Å². The lowest BCUT2D eigenvalue weighted by Gasteiger charge is -2.03. The second kappa shape index (κ2) is 6.87. The smallest absolute Gasteiger partial charge is 0.160 e. The largest absolute Gasteiger partial charge is 0.265 e. The minimum Gasteiger partial charge on any atom is -0.265 e. The molecule has 0 saturated heterocycles. The first kappa shape index (κ1) is 16.6. The molecule has 0 spiro atoms. The normalized spacial score (nSPS) is 11.0. The van der Waals surface area contributed by atoms with Crippen molar-refractivity contribution in [3.63, 3.8) is 0 Å². The van der Waals surface area contributed by atoms with Crippen LogP contribution in [0.1, 0.15) is 0 Å². The molecule has 0 aliphatic carbocycles. The Morgan fingerprint density at radius 1 is 0.786 bits per heavy atom. The molecule has 0 N–H and O–H groups in total. The van der Waals surface area contributed by atoms with E-state index in [-0.39, 0.29) is 0 Å². The third-order valence-corrected chi connectivity index (χ3v) is 4.73. The first-order valence-corrected chi connectivity index (χ1v) is 9.15. The van der Waals surface area contributed by atoms with Gasteiger partial charge in [-0.2, -0.15) is 5.10 Å². The summed E-state index contributed by atoms with van der Waals surface area (Å²) in [6, 6.07) is 21.4. The first-order chi connectivity index (χ1) is 13.8. The molecule has 6 heteroatoms. The maximum absolute atomic E-state index is 6.07. The standard InChI is InChI=1S/C22H14ClN5/c23-17-8-6-15(7-9-17)20-21-19(28(27-20)18-4-2-1-3-5-18)14-25-22(26-21)16-10-12-24-13-11-16/h1-14H. The van der Waals surface area contributed by atoms with Gasteiger partial charge < -0.3 is 0 Å². The summed E-state index contributed by atoms with van der Waals surface area (Å²) < 4.78 is 1.87. The van der Waals surface area contributed by atoms with Gasteiger partial charge in [0.05, 0.1) is 11.9 Å². The molecule has 0 radical (unpaired) electrons. The predicted molar refractivity (Wildman–Crippen MR) is 110 cm³/mol. The van der Waals surface area contributed by atoms with E-state index in [1.807, 2.05) is 77.6 Å². The van der Waals surface area contributed by atoms with Crippen molar-refractivity contribution >= 4 is 22.6 Å². The van der Waals surface area contributed by atoms with Crippen molar-refractivity contribution in [1.29, 1.82) is 0 Å². The van der Waals surface area contributed by atoms with Crippen LogP contribution in [-0.2, 0) is 0 Å². The molecule has 5 rings (SSSR count). The Balaban J connectivity index is 1.77. The summed E-state index contributed by atoms with van der Waals surface area (Å²) in [6.45, 7) is 0. The van der Waals surface area contributed by atoms with Gasteiger partial charge in [0, 0.05) is 28.5 Å². The van der Waals surface area contributed by atoms with E-state index in [4.69, 9.17) is 21.7 Å². The first-order valence-electron chi connectivity index (χ1n) is 8.77. The Labute approximate surface area is 166 Å². The summed E-state index contributed by atoms with van der Waals surface area (Å²) in [7, 11) is 0. The molecule has 134 valence electrons. The van der Waals surface area contributed by atoms with Crippen molar-refractivity contribution in [1.82, 2.24) is 24.7 Å². The molecule has 3 aromatic heterocycles. The number of hydrogen-bond donors (Lipinski definition) is 0. The summed E-state index contributed by atoms with van der Waals surface area (Å²) >= 11 is 6.07. The highest BCUT2D eigenvalue weighted by molar-refractivity contribution is 6.30. The monoisotopic (exact) mass is 383 g/mol. The van der Waals surface area contributed by atoms with Gasteiger partial charge in [-0.15, -0.1) is 0 Å². The van der Waals surface area contributed by atoms with Gasteiger partial charge in [0.1, 0.15) is 16.7 Å². The van der Waals surface area contributed by atoms with E-state index >= 15 is 0 Å². The van der Waals surface area contributed by atoms with E-state index in [0.29, 0.717) is 10.8 Å². The molecular formula is C22H14ClN5. The van der Waals surface area contributed by atoms with Crippen LogP contribution < -0.4 is 0 Å². The van der Waals surface area contributed by atoms with Gasteiger partial charge in [0.25, 0.3) is 0 Å². The Bertz CT molecular complexity index is 1250. The lowest BCUT2D eigenvalue weighted by Crippen LogP contribution is -1.97. The van der Waals surface area contributed by atoms with Crippen LogP contribution in [0.15, 0.2) is 85.3 Å². The molecule has 0 unspecified atom stereocenters. The fourth-order valence-electron chi connectivity index (χ4n) is 3.11. The average Bonchev–Trinajstić information content (AvgIpc) is 3.14.